The normalized spacial score (nSPS) is 26.9. The average molecular weight is 448 g/mol. The van der Waals surface area contributed by atoms with E-state index in [1.165, 1.54) is 6.42 Å². The van der Waals surface area contributed by atoms with Crippen molar-refractivity contribution >= 4 is 23.8 Å². The molecule has 0 radical (unpaired) electrons. The zero-order chi connectivity index (χ0) is 22.9. The maximum absolute atomic E-state index is 13.1. The maximum atomic E-state index is 13.1. The number of hydrogen-bond acceptors (Lipinski definition) is 5. The van der Waals surface area contributed by atoms with Gasteiger partial charge in [-0.05, 0) is 39.0 Å². The monoisotopic (exact) mass is 447 g/mol. The van der Waals surface area contributed by atoms with Gasteiger partial charge in [0.15, 0.2) is 0 Å². The van der Waals surface area contributed by atoms with E-state index in [1.54, 1.807) is 16.8 Å². The lowest BCUT2D eigenvalue weighted by atomic mass is 9.81. The standard InChI is InChI=1S/C23H37N5O4/c1-18-8-4-7-11-27(18)20(30)16-25-12-14-26(15-13-25)19(29)17-28-21(31)23(24(2)22(28)32)9-5-3-6-10-23/h18H,3-17H2,1-2H3. The van der Waals surface area contributed by atoms with Crippen LogP contribution in [-0.2, 0) is 14.4 Å². The summed E-state index contributed by atoms with van der Waals surface area (Å²) in [7, 11) is 1.69. The summed E-state index contributed by atoms with van der Waals surface area (Å²) in [6.07, 6.45) is 7.64. The molecule has 0 bridgehead atoms. The highest BCUT2D eigenvalue weighted by Gasteiger charge is 2.56. The predicted molar refractivity (Wildman–Crippen MR) is 119 cm³/mol. The number of likely N-dealkylation sites (N-methyl/N-ethyl adjacent to an activating group) is 1. The van der Waals surface area contributed by atoms with Gasteiger partial charge in [-0.15, -0.1) is 0 Å². The van der Waals surface area contributed by atoms with Gasteiger partial charge in [-0.2, -0.15) is 0 Å². The van der Waals surface area contributed by atoms with Crippen LogP contribution in [0, 0.1) is 0 Å². The van der Waals surface area contributed by atoms with Crippen molar-refractivity contribution in [2.24, 2.45) is 0 Å². The number of carbonyl (C=O) groups is 4. The molecule has 0 N–H and O–H groups in total. The van der Waals surface area contributed by atoms with Crippen molar-refractivity contribution in [3.63, 3.8) is 0 Å². The summed E-state index contributed by atoms with van der Waals surface area (Å²) >= 11 is 0. The van der Waals surface area contributed by atoms with E-state index < -0.39 is 5.54 Å². The Kier molecular flexibility index (Phi) is 6.74. The summed E-state index contributed by atoms with van der Waals surface area (Å²) in [4.78, 5) is 60.0. The predicted octanol–water partition coefficient (Wildman–Crippen LogP) is 1.13. The van der Waals surface area contributed by atoms with Crippen molar-refractivity contribution in [1.29, 1.82) is 0 Å². The van der Waals surface area contributed by atoms with Crippen LogP contribution >= 0.6 is 0 Å². The molecular weight excluding hydrogens is 410 g/mol. The van der Waals surface area contributed by atoms with E-state index in [2.05, 4.69) is 11.8 Å². The van der Waals surface area contributed by atoms with Gasteiger partial charge in [0.1, 0.15) is 12.1 Å². The lowest BCUT2D eigenvalue weighted by molar-refractivity contribution is -0.142. The van der Waals surface area contributed by atoms with Crippen LogP contribution < -0.4 is 0 Å². The molecule has 0 aromatic rings. The summed E-state index contributed by atoms with van der Waals surface area (Å²) in [5.74, 6) is -0.229. The molecule has 0 aromatic carbocycles. The molecule has 3 heterocycles. The number of likely N-dealkylation sites (tertiary alicyclic amines) is 1. The smallest absolute Gasteiger partial charge is 0.327 e. The molecule has 1 aliphatic carbocycles. The molecule has 3 saturated heterocycles. The molecule has 4 aliphatic rings. The molecule has 5 amide bonds. The number of hydrogen-bond donors (Lipinski definition) is 0. The molecule has 9 nitrogen and oxygen atoms in total. The van der Waals surface area contributed by atoms with E-state index in [4.69, 9.17) is 0 Å². The largest absolute Gasteiger partial charge is 0.339 e. The van der Waals surface area contributed by atoms with Gasteiger partial charge in [0.25, 0.3) is 5.91 Å². The van der Waals surface area contributed by atoms with E-state index in [9.17, 15) is 19.2 Å². The minimum Gasteiger partial charge on any atom is -0.339 e. The number of carbonyl (C=O) groups excluding carboxylic acids is 4. The number of piperazine rings is 1. The van der Waals surface area contributed by atoms with Crippen molar-refractivity contribution in [2.75, 3.05) is 52.9 Å². The van der Waals surface area contributed by atoms with E-state index in [1.807, 2.05) is 4.90 Å². The zero-order valence-electron chi connectivity index (χ0n) is 19.6. The first kappa shape index (κ1) is 23.0. The Morgan fingerprint density at radius 3 is 2.22 bits per heavy atom. The van der Waals surface area contributed by atoms with Crippen LogP contribution in [0.4, 0.5) is 4.79 Å². The fraction of sp³-hybridized carbons (Fsp3) is 0.826. The minimum absolute atomic E-state index is 0.172. The maximum Gasteiger partial charge on any atom is 0.327 e. The fourth-order valence-corrected chi connectivity index (χ4v) is 5.81. The van der Waals surface area contributed by atoms with Gasteiger partial charge in [0.2, 0.25) is 11.8 Å². The second kappa shape index (κ2) is 9.37. The van der Waals surface area contributed by atoms with Crippen LogP contribution in [0.5, 0.6) is 0 Å². The van der Waals surface area contributed by atoms with Crippen molar-refractivity contribution in [1.82, 2.24) is 24.5 Å². The molecule has 1 saturated carbocycles. The molecule has 4 fully saturated rings. The van der Waals surface area contributed by atoms with Crippen molar-refractivity contribution < 1.29 is 19.2 Å². The molecular formula is C23H37N5O4. The Balaban J connectivity index is 1.28. The first-order valence-corrected chi connectivity index (χ1v) is 12.2. The second-order valence-corrected chi connectivity index (χ2v) is 9.91. The van der Waals surface area contributed by atoms with Crippen molar-refractivity contribution in [3.05, 3.63) is 0 Å². The molecule has 1 unspecified atom stereocenters. The number of imide groups is 1. The third kappa shape index (κ3) is 4.23. The Morgan fingerprint density at radius 1 is 0.875 bits per heavy atom. The molecule has 0 aromatic heterocycles. The van der Waals surface area contributed by atoms with Crippen LogP contribution in [0.1, 0.15) is 58.3 Å². The average Bonchev–Trinajstić information content (AvgIpc) is 2.96. The summed E-state index contributed by atoms with van der Waals surface area (Å²) in [5, 5.41) is 0. The van der Waals surface area contributed by atoms with Gasteiger partial charge in [0.05, 0.1) is 6.54 Å². The van der Waals surface area contributed by atoms with Crippen molar-refractivity contribution in [3.8, 4) is 0 Å². The lowest BCUT2D eigenvalue weighted by Gasteiger charge is -2.38. The molecule has 1 spiro atoms. The molecule has 3 aliphatic heterocycles. The SMILES string of the molecule is CC1CCCCN1C(=O)CN1CCN(C(=O)CN2C(=O)N(C)C3(CCCCC3)C2=O)CC1. The summed E-state index contributed by atoms with van der Waals surface area (Å²) in [6.45, 7) is 5.45. The van der Waals surface area contributed by atoms with Crippen LogP contribution in [0.2, 0.25) is 0 Å². The summed E-state index contributed by atoms with van der Waals surface area (Å²) < 4.78 is 0. The van der Waals surface area contributed by atoms with Crippen LogP contribution in [-0.4, -0.2) is 113 Å². The number of amides is 5. The third-order valence-electron chi connectivity index (χ3n) is 7.98. The quantitative estimate of drug-likeness (QED) is 0.603. The fourth-order valence-electron chi connectivity index (χ4n) is 5.81. The van der Waals surface area contributed by atoms with Gasteiger partial charge in [-0.1, -0.05) is 19.3 Å². The zero-order valence-corrected chi connectivity index (χ0v) is 19.6. The minimum atomic E-state index is -0.750. The van der Waals surface area contributed by atoms with Gasteiger partial charge >= 0.3 is 6.03 Å². The van der Waals surface area contributed by atoms with Crippen LogP contribution in [0.25, 0.3) is 0 Å². The van der Waals surface area contributed by atoms with E-state index in [0.29, 0.717) is 51.6 Å². The molecule has 4 rings (SSSR count). The third-order valence-corrected chi connectivity index (χ3v) is 7.98. The van der Waals surface area contributed by atoms with Crippen LogP contribution in [0.15, 0.2) is 0 Å². The first-order valence-electron chi connectivity index (χ1n) is 12.2. The number of urea groups is 1. The van der Waals surface area contributed by atoms with E-state index in [-0.39, 0.29) is 30.3 Å². The highest BCUT2D eigenvalue weighted by atomic mass is 16.2. The highest BCUT2D eigenvalue weighted by molar-refractivity contribution is 6.08. The Bertz CT molecular complexity index is 757. The van der Waals surface area contributed by atoms with Gasteiger partial charge in [-0.25, -0.2) is 4.79 Å². The number of rotatable bonds is 4. The molecule has 9 heteroatoms. The second-order valence-electron chi connectivity index (χ2n) is 9.91. The van der Waals surface area contributed by atoms with Crippen molar-refractivity contribution in [2.45, 2.75) is 69.9 Å². The summed E-state index contributed by atoms with van der Waals surface area (Å²) in [5.41, 5.74) is -0.750. The summed E-state index contributed by atoms with van der Waals surface area (Å²) in [6, 6.07) is -0.0506. The first-order chi connectivity index (χ1) is 15.3. The van der Waals surface area contributed by atoms with E-state index >= 15 is 0 Å². The topological polar surface area (TPSA) is 84.5 Å². The highest BCUT2D eigenvalue weighted by Crippen LogP contribution is 2.39. The number of piperidine rings is 1. The van der Waals surface area contributed by atoms with Crippen LogP contribution in [0.3, 0.4) is 0 Å². The Morgan fingerprint density at radius 2 is 1.56 bits per heavy atom. The van der Waals surface area contributed by atoms with E-state index in [0.717, 1.165) is 43.5 Å². The lowest BCUT2D eigenvalue weighted by Crippen LogP contribution is -2.54. The number of nitrogens with zero attached hydrogens (tertiary/aromatic N) is 5. The van der Waals surface area contributed by atoms with Gasteiger partial charge in [0, 0.05) is 45.8 Å². The Hall–Kier alpha value is -2.16. The van der Waals surface area contributed by atoms with Gasteiger partial charge in [-0.3, -0.25) is 24.2 Å². The molecule has 32 heavy (non-hydrogen) atoms. The molecule has 1 atom stereocenters. The van der Waals surface area contributed by atoms with Gasteiger partial charge < -0.3 is 14.7 Å². The Labute approximate surface area is 190 Å². The molecule has 178 valence electrons.